The molecule has 0 spiro atoms. The van der Waals surface area contributed by atoms with Gasteiger partial charge in [-0.15, -0.1) is 11.8 Å². The lowest BCUT2D eigenvalue weighted by molar-refractivity contribution is -0.138. The maximum Gasteiger partial charge on any atom is 0.338 e. The van der Waals surface area contributed by atoms with E-state index in [2.05, 4.69) is 45.2 Å². The smallest absolute Gasteiger partial charge is 0.338 e. The number of hydrogen-bond acceptors (Lipinski definition) is 7. The van der Waals surface area contributed by atoms with Crippen molar-refractivity contribution in [2.45, 2.75) is 24.5 Å². The Hall–Kier alpha value is -2.91. The number of fused-ring (bicyclic) bond motifs is 1. The van der Waals surface area contributed by atoms with E-state index in [0.29, 0.717) is 31.4 Å². The van der Waals surface area contributed by atoms with Gasteiger partial charge in [-0.2, -0.15) is 0 Å². The first kappa shape index (κ1) is 34.0. The van der Waals surface area contributed by atoms with Gasteiger partial charge in [0, 0.05) is 30.2 Å². The number of thiazole rings is 1. The summed E-state index contributed by atoms with van der Waals surface area (Å²) in [5.74, 6) is 0.143. The summed E-state index contributed by atoms with van der Waals surface area (Å²) in [7, 11) is 0. The largest absolute Gasteiger partial charge is 0.487 e. The van der Waals surface area contributed by atoms with Gasteiger partial charge in [-0.05, 0) is 100 Å². The predicted octanol–water partition coefficient (Wildman–Crippen LogP) is 8.10. The van der Waals surface area contributed by atoms with Crippen molar-refractivity contribution in [1.82, 2.24) is 4.57 Å². The molecule has 0 N–H and O–H groups in total. The molecular weight excluding hydrogens is 878 g/mol. The molecular formula is C36H27ClI2N2O4S2. The van der Waals surface area contributed by atoms with Gasteiger partial charge in [0.2, 0.25) is 0 Å². The molecule has 0 fully saturated rings. The van der Waals surface area contributed by atoms with Gasteiger partial charge >= 0.3 is 5.97 Å². The van der Waals surface area contributed by atoms with Crippen LogP contribution in [0.4, 0.5) is 0 Å². The molecule has 0 saturated heterocycles. The highest BCUT2D eigenvalue weighted by Gasteiger charge is 2.35. The van der Waals surface area contributed by atoms with Gasteiger partial charge in [0.15, 0.2) is 4.80 Å². The van der Waals surface area contributed by atoms with Crippen LogP contribution in [0.1, 0.15) is 35.2 Å². The molecule has 238 valence electrons. The van der Waals surface area contributed by atoms with Crippen LogP contribution in [0.5, 0.6) is 5.75 Å². The summed E-state index contributed by atoms with van der Waals surface area (Å²) < 4.78 is 15.9. The number of carbonyl (C=O) groups is 1. The number of rotatable bonds is 9. The van der Waals surface area contributed by atoms with Crippen molar-refractivity contribution in [3.63, 3.8) is 0 Å². The first-order valence-electron chi connectivity index (χ1n) is 14.6. The number of aromatic nitrogens is 1. The Morgan fingerprint density at radius 2 is 1.77 bits per heavy atom. The molecule has 2 heterocycles. The van der Waals surface area contributed by atoms with Crippen molar-refractivity contribution < 1.29 is 14.3 Å². The SMILES string of the molecule is CCOC(=O)C1=C(c2ccccc2)N=c2s/c(=C\c3cc(I)cc(I)c3OCc3ccccc3Cl)c(=O)n2[C@@H]1c1ccc(SC)cc1. The molecule has 6 rings (SSSR count). The van der Waals surface area contributed by atoms with Gasteiger partial charge < -0.3 is 9.47 Å². The van der Waals surface area contributed by atoms with Gasteiger partial charge in [-0.3, -0.25) is 9.36 Å². The number of hydrogen-bond donors (Lipinski definition) is 0. The molecule has 1 aromatic heterocycles. The lowest BCUT2D eigenvalue weighted by Crippen LogP contribution is -2.40. The van der Waals surface area contributed by atoms with Crippen LogP contribution in [0.15, 0.2) is 111 Å². The Balaban J connectivity index is 1.56. The zero-order valence-corrected chi connectivity index (χ0v) is 31.9. The molecule has 0 amide bonds. The van der Waals surface area contributed by atoms with Crippen LogP contribution < -0.4 is 19.6 Å². The third-order valence-electron chi connectivity index (χ3n) is 7.46. The average Bonchev–Trinajstić information content (AvgIpc) is 3.38. The standard InChI is InChI=1S/C36H27ClI2N2O4S2/c1-3-44-35(43)30-31(21-9-5-4-6-10-21)40-36-41(32(30)22-13-15-26(46-2)16-14-22)34(42)29(47-36)18-24-17-25(38)19-28(39)33(24)45-20-23-11-7-8-12-27(23)37/h4-19,32H,3,20H2,1-2H3/b29-18-/t32-/m1/s1. The summed E-state index contributed by atoms with van der Waals surface area (Å²) >= 11 is 13.8. The Bertz CT molecular complexity index is 2180. The fourth-order valence-electron chi connectivity index (χ4n) is 5.29. The summed E-state index contributed by atoms with van der Waals surface area (Å²) in [4.78, 5) is 34.7. The molecule has 1 aliphatic heterocycles. The monoisotopic (exact) mass is 904 g/mol. The van der Waals surface area contributed by atoms with E-state index >= 15 is 0 Å². The topological polar surface area (TPSA) is 69.9 Å². The van der Waals surface area contributed by atoms with Crippen molar-refractivity contribution in [3.05, 3.63) is 151 Å². The van der Waals surface area contributed by atoms with Crippen LogP contribution in [0.25, 0.3) is 11.8 Å². The quantitative estimate of drug-likeness (QED) is 0.0851. The normalized spacial score (nSPS) is 14.5. The Morgan fingerprint density at radius 1 is 1.04 bits per heavy atom. The number of esters is 1. The second-order valence-corrected chi connectivity index (χ2v) is 15.1. The number of thioether (sulfide) groups is 1. The lowest BCUT2D eigenvalue weighted by Gasteiger charge is -2.26. The van der Waals surface area contributed by atoms with Gasteiger partial charge in [0.1, 0.15) is 12.4 Å². The second kappa shape index (κ2) is 15.1. The first-order chi connectivity index (χ1) is 22.8. The van der Waals surface area contributed by atoms with Crippen molar-refractivity contribution in [2.24, 2.45) is 4.99 Å². The molecule has 6 nitrogen and oxygen atoms in total. The van der Waals surface area contributed by atoms with Crippen LogP contribution in [-0.2, 0) is 16.1 Å². The molecule has 5 aromatic rings. The van der Waals surface area contributed by atoms with Crippen LogP contribution >= 0.6 is 79.9 Å². The van der Waals surface area contributed by atoms with Gasteiger partial charge in [-0.1, -0.05) is 83.6 Å². The summed E-state index contributed by atoms with van der Waals surface area (Å²) in [6.45, 7) is 2.23. The van der Waals surface area contributed by atoms with E-state index in [4.69, 9.17) is 26.1 Å². The zero-order valence-electron chi connectivity index (χ0n) is 25.2. The summed E-state index contributed by atoms with van der Waals surface area (Å²) in [6.07, 6.45) is 3.86. The Labute approximate surface area is 312 Å². The highest BCUT2D eigenvalue weighted by Crippen LogP contribution is 2.36. The molecule has 0 aliphatic carbocycles. The summed E-state index contributed by atoms with van der Waals surface area (Å²) in [6, 6.07) is 28.3. The third-order valence-corrected chi connectivity index (χ3v) is 11.0. The van der Waals surface area contributed by atoms with E-state index in [1.54, 1.807) is 23.3 Å². The second-order valence-electron chi connectivity index (χ2n) is 10.4. The first-order valence-corrected chi connectivity index (χ1v) is 19.1. The van der Waals surface area contributed by atoms with Crippen LogP contribution in [0, 0.1) is 7.14 Å². The molecule has 47 heavy (non-hydrogen) atoms. The molecule has 0 radical (unpaired) electrons. The summed E-state index contributed by atoms with van der Waals surface area (Å²) in [5, 5.41) is 0.625. The highest BCUT2D eigenvalue weighted by atomic mass is 127. The molecule has 0 saturated carbocycles. The molecule has 0 unspecified atom stereocenters. The minimum atomic E-state index is -0.745. The predicted molar refractivity (Wildman–Crippen MR) is 207 cm³/mol. The van der Waals surface area contributed by atoms with Gasteiger partial charge in [0.05, 0.1) is 32.0 Å². The van der Waals surface area contributed by atoms with E-state index in [-0.39, 0.29) is 18.8 Å². The minimum absolute atomic E-state index is 0.190. The number of ether oxygens (including phenoxy) is 2. The number of halogens is 3. The Kier molecular flexibility index (Phi) is 10.9. The molecule has 1 atom stereocenters. The lowest BCUT2D eigenvalue weighted by atomic mass is 9.93. The van der Waals surface area contributed by atoms with E-state index in [1.165, 1.54) is 11.3 Å². The minimum Gasteiger partial charge on any atom is -0.487 e. The van der Waals surface area contributed by atoms with E-state index in [0.717, 1.165) is 34.3 Å². The number of benzene rings is 4. The molecule has 4 aromatic carbocycles. The average molecular weight is 905 g/mol. The maximum absolute atomic E-state index is 14.4. The van der Waals surface area contributed by atoms with Gasteiger partial charge in [-0.25, -0.2) is 9.79 Å². The molecule has 1 aliphatic rings. The number of nitrogens with zero attached hydrogens (tertiary/aromatic N) is 2. The van der Waals surface area contributed by atoms with Crippen molar-refractivity contribution in [1.29, 1.82) is 0 Å². The Morgan fingerprint density at radius 3 is 2.47 bits per heavy atom. The van der Waals surface area contributed by atoms with E-state index in [9.17, 15) is 9.59 Å². The third kappa shape index (κ3) is 7.26. The van der Waals surface area contributed by atoms with Gasteiger partial charge in [0.25, 0.3) is 5.56 Å². The fraction of sp³-hybridized carbons (Fsp3) is 0.139. The van der Waals surface area contributed by atoms with Crippen LogP contribution in [-0.4, -0.2) is 23.4 Å². The zero-order chi connectivity index (χ0) is 33.1. The van der Waals surface area contributed by atoms with Crippen LogP contribution in [0.2, 0.25) is 5.02 Å². The maximum atomic E-state index is 14.4. The molecule has 0 bridgehead atoms. The van der Waals surface area contributed by atoms with Crippen molar-refractivity contribution in [2.75, 3.05) is 12.9 Å². The summed E-state index contributed by atoms with van der Waals surface area (Å²) in [5.41, 5.74) is 3.72. The highest BCUT2D eigenvalue weighted by molar-refractivity contribution is 14.1. The van der Waals surface area contributed by atoms with Crippen LogP contribution in [0.3, 0.4) is 0 Å². The van der Waals surface area contributed by atoms with E-state index in [1.807, 2.05) is 103 Å². The van der Waals surface area contributed by atoms with Crippen molar-refractivity contribution in [3.8, 4) is 5.75 Å². The van der Waals surface area contributed by atoms with Crippen molar-refractivity contribution >= 4 is 97.6 Å². The number of carbonyl (C=O) groups excluding carboxylic acids is 1. The fourth-order valence-corrected chi connectivity index (χ4v) is 8.92. The molecule has 11 heteroatoms. The van der Waals surface area contributed by atoms with E-state index < -0.39 is 12.0 Å².